The van der Waals surface area contributed by atoms with Crippen molar-refractivity contribution in [3.05, 3.63) is 57.0 Å². The Morgan fingerprint density at radius 1 is 1.13 bits per heavy atom. The fourth-order valence-corrected chi connectivity index (χ4v) is 4.14. The molecule has 23 heavy (non-hydrogen) atoms. The molecular weight excluding hydrogens is 375 g/mol. The Hall–Kier alpha value is -1.07. The summed E-state index contributed by atoms with van der Waals surface area (Å²) in [7, 11) is 0. The summed E-state index contributed by atoms with van der Waals surface area (Å²) >= 11 is 20.1. The molecule has 1 N–H and O–H groups in total. The van der Waals surface area contributed by atoms with Crippen molar-refractivity contribution >= 4 is 64.0 Å². The van der Waals surface area contributed by atoms with Gasteiger partial charge in [-0.25, -0.2) is 0 Å². The molecule has 0 spiro atoms. The first-order chi connectivity index (χ1) is 11.0. The lowest BCUT2D eigenvalue weighted by Crippen LogP contribution is -2.15. The number of rotatable bonds is 3. The van der Waals surface area contributed by atoms with Crippen molar-refractivity contribution in [1.82, 2.24) is 0 Å². The molecule has 0 saturated carbocycles. The third-order valence-electron chi connectivity index (χ3n) is 3.38. The molecule has 3 rings (SSSR count). The van der Waals surface area contributed by atoms with Crippen LogP contribution in [0.3, 0.4) is 0 Å². The average Bonchev–Trinajstić information content (AvgIpc) is 3.01. The van der Waals surface area contributed by atoms with Crippen molar-refractivity contribution in [2.45, 2.75) is 6.42 Å². The molecule has 1 aliphatic heterocycles. The predicted octanol–water partition coefficient (Wildman–Crippen LogP) is 5.76. The summed E-state index contributed by atoms with van der Waals surface area (Å²) in [6.07, 6.45) is 1.09. The van der Waals surface area contributed by atoms with Gasteiger partial charge in [0.25, 0.3) is 5.91 Å². The molecule has 0 unspecified atom stereocenters. The molecule has 1 aliphatic rings. The molecule has 2 aromatic carbocycles. The van der Waals surface area contributed by atoms with Crippen molar-refractivity contribution in [3.63, 3.8) is 0 Å². The van der Waals surface area contributed by atoms with Crippen LogP contribution in [0, 0.1) is 0 Å². The van der Waals surface area contributed by atoms with Gasteiger partial charge < -0.3 is 9.62 Å². The van der Waals surface area contributed by atoms with E-state index in [9.17, 15) is 4.79 Å². The zero-order valence-corrected chi connectivity index (χ0v) is 15.1. The quantitative estimate of drug-likeness (QED) is 0.680. The van der Waals surface area contributed by atoms with Crippen LogP contribution in [-0.4, -0.2) is 18.2 Å². The summed E-state index contributed by atoms with van der Waals surface area (Å²) in [5.41, 5.74) is 1.82. The van der Waals surface area contributed by atoms with Crippen molar-refractivity contribution < 1.29 is 4.79 Å². The van der Waals surface area contributed by atoms with Crippen LogP contribution in [0.2, 0.25) is 15.1 Å². The van der Waals surface area contributed by atoms with E-state index in [1.165, 1.54) is 0 Å². The van der Waals surface area contributed by atoms with Gasteiger partial charge in [-0.3, -0.25) is 4.79 Å². The second-order valence-electron chi connectivity index (χ2n) is 5.04. The van der Waals surface area contributed by atoms with Crippen molar-refractivity contribution in [3.8, 4) is 0 Å². The number of nitrogens with one attached hydrogen (secondary N) is 1. The van der Waals surface area contributed by atoms with E-state index in [1.807, 2.05) is 0 Å². The Kier molecular flexibility index (Phi) is 5.27. The summed E-state index contributed by atoms with van der Waals surface area (Å²) in [6, 6.07) is 10.3. The largest absolute Gasteiger partial charge is 0.322 e. The molecule has 1 saturated heterocycles. The Bertz CT molecular complexity index is 748. The highest BCUT2D eigenvalue weighted by molar-refractivity contribution is 8.00. The molecule has 2 aromatic rings. The average molecular weight is 388 g/mol. The molecule has 7 heteroatoms. The van der Waals surface area contributed by atoms with Crippen LogP contribution < -0.4 is 9.62 Å². The van der Waals surface area contributed by atoms with E-state index in [2.05, 4.69) is 9.62 Å². The lowest BCUT2D eigenvalue weighted by Gasteiger charge is -2.19. The lowest BCUT2D eigenvalue weighted by atomic mass is 10.1. The van der Waals surface area contributed by atoms with Crippen LogP contribution in [0.25, 0.3) is 0 Å². The Balaban J connectivity index is 1.89. The molecule has 1 fully saturated rings. The third-order valence-corrected chi connectivity index (χ3v) is 5.40. The highest BCUT2D eigenvalue weighted by Crippen LogP contribution is 2.37. The maximum atomic E-state index is 12.5. The summed E-state index contributed by atoms with van der Waals surface area (Å²) < 4.78 is 2.09. The van der Waals surface area contributed by atoms with Gasteiger partial charge in [-0.1, -0.05) is 40.9 Å². The monoisotopic (exact) mass is 386 g/mol. The number of anilines is 2. The standard InChI is InChI=1S/C16H13Cl3N2OS/c17-10-3-1-4-11(7-10)20-16(22)12-8-15(14(19)9-13(12)18)21-5-2-6-23-21/h1,3-4,7-9H,2,5-6H2,(H,20,22). The number of carbonyl (C=O) groups excluding carboxylic acids is 1. The third kappa shape index (κ3) is 3.89. The van der Waals surface area contributed by atoms with Crippen molar-refractivity contribution in [2.24, 2.45) is 0 Å². The Morgan fingerprint density at radius 3 is 2.65 bits per heavy atom. The number of hydrogen-bond acceptors (Lipinski definition) is 3. The molecule has 120 valence electrons. The number of benzene rings is 2. The molecule has 0 atom stereocenters. The van der Waals surface area contributed by atoms with Crippen LogP contribution in [-0.2, 0) is 0 Å². The number of hydrogen-bond donors (Lipinski definition) is 1. The minimum Gasteiger partial charge on any atom is -0.322 e. The van der Waals surface area contributed by atoms with E-state index >= 15 is 0 Å². The van der Waals surface area contributed by atoms with E-state index in [0.717, 1.165) is 24.4 Å². The topological polar surface area (TPSA) is 32.3 Å². The Labute approximate surface area is 154 Å². The van der Waals surface area contributed by atoms with Gasteiger partial charge in [-0.05, 0) is 48.7 Å². The van der Waals surface area contributed by atoms with E-state index in [1.54, 1.807) is 48.3 Å². The van der Waals surface area contributed by atoms with Crippen LogP contribution in [0.4, 0.5) is 11.4 Å². The summed E-state index contributed by atoms with van der Waals surface area (Å²) in [5, 5.41) is 4.22. The van der Waals surface area contributed by atoms with Gasteiger partial charge in [0.05, 0.1) is 21.3 Å². The van der Waals surface area contributed by atoms with E-state index in [0.29, 0.717) is 26.3 Å². The maximum Gasteiger partial charge on any atom is 0.257 e. The molecule has 1 amide bonds. The van der Waals surface area contributed by atoms with Crippen LogP contribution in [0.5, 0.6) is 0 Å². The summed E-state index contributed by atoms with van der Waals surface area (Å²) in [6.45, 7) is 0.904. The van der Waals surface area contributed by atoms with Crippen LogP contribution in [0.15, 0.2) is 36.4 Å². The van der Waals surface area contributed by atoms with Gasteiger partial charge >= 0.3 is 0 Å². The van der Waals surface area contributed by atoms with E-state index < -0.39 is 0 Å². The summed E-state index contributed by atoms with van der Waals surface area (Å²) in [4.78, 5) is 12.5. The first-order valence-electron chi connectivity index (χ1n) is 7.01. The van der Waals surface area contributed by atoms with Gasteiger partial charge in [0.1, 0.15) is 0 Å². The van der Waals surface area contributed by atoms with Gasteiger partial charge in [0.15, 0.2) is 0 Å². The molecular formula is C16H13Cl3N2OS. The molecule has 0 aliphatic carbocycles. The van der Waals surface area contributed by atoms with E-state index in [-0.39, 0.29) is 5.91 Å². The zero-order valence-electron chi connectivity index (χ0n) is 12.0. The fourth-order valence-electron chi connectivity index (χ4n) is 2.30. The van der Waals surface area contributed by atoms with Crippen LogP contribution >= 0.6 is 46.8 Å². The smallest absolute Gasteiger partial charge is 0.257 e. The first kappa shape index (κ1) is 16.8. The van der Waals surface area contributed by atoms with Gasteiger partial charge in [-0.15, -0.1) is 0 Å². The zero-order chi connectivity index (χ0) is 16.4. The number of halogens is 3. The van der Waals surface area contributed by atoms with Crippen molar-refractivity contribution in [1.29, 1.82) is 0 Å². The molecule has 1 heterocycles. The minimum absolute atomic E-state index is 0.292. The van der Waals surface area contributed by atoms with E-state index in [4.69, 9.17) is 34.8 Å². The predicted molar refractivity (Wildman–Crippen MR) is 100 cm³/mol. The highest BCUT2D eigenvalue weighted by Gasteiger charge is 2.20. The van der Waals surface area contributed by atoms with Gasteiger partial charge in [0.2, 0.25) is 0 Å². The lowest BCUT2D eigenvalue weighted by molar-refractivity contribution is 0.102. The maximum absolute atomic E-state index is 12.5. The minimum atomic E-state index is -0.292. The van der Waals surface area contributed by atoms with Crippen LogP contribution in [0.1, 0.15) is 16.8 Å². The van der Waals surface area contributed by atoms with Gasteiger partial charge in [0, 0.05) is 23.0 Å². The number of nitrogens with zero attached hydrogens (tertiary/aromatic N) is 1. The number of amides is 1. The second kappa shape index (κ2) is 7.22. The molecule has 0 radical (unpaired) electrons. The second-order valence-corrected chi connectivity index (χ2v) is 7.39. The fraction of sp³-hybridized carbons (Fsp3) is 0.188. The van der Waals surface area contributed by atoms with Crippen molar-refractivity contribution in [2.75, 3.05) is 21.9 Å². The molecule has 0 aromatic heterocycles. The number of carbonyl (C=O) groups is 1. The summed E-state index contributed by atoms with van der Waals surface area (Å²) in [5.74, 6) is 0.752. The highest BCUT2D eigenvalue weighted by atomic mass is 35.5. The Morgan fingerprint density at radius 2 is 1.96 bits per heavy atom. The normalized spacial score (nSPS) is 14.1. The molecule has 3 nitrogen and oxygen atoms in total. The molecule has 0 bridgehead atoms. The first-order valence-corrected chi connectivity index (χ1v) is 9.08. The SMILES string of the molecule is O=C(Nc1cccc(Cl)c1)c1cc(N2CCCS2)c(Cl)cc1Cl. The van der Waals surface area contributed by atoms with Gasteiger partial charge in [-0.2, -0.15) is 0 Å².